The van der Waals surface area contributed by atoms with Crippen molar-refractivity contribution in [3.8, 4) is 17.8 Å². The fraction of sp³-hybridized carbons (Fsp3) is 0.179. The van der Waals surface area contributed by atoms with Crippen molar-refractivity contribution in [3.63, 3.8) is 0 Å². The maximum Gasteiger partial charge on any atom is 0.101 e. The highest BCUT2D eigenvalue weighted by atomic mass is 15.0. The van der Waals surface area contributed by atoms with Crippen LogP contribution in [-0.2, 0) is 10.8 Å². The Labute approximate surface area is 355 Å². The van der Waals surface area contributed by atoms with Gasteiger partial charge in [0.05, 0.1) is 56.4 Å². The Morgan fingerprint density at radius 1 is 0.492 bits per heavy atom. The standard InChI is InChI=1S/C56H45N5/c1-55(2,3)37-20-24-49-44(29-37)45-30-38(56(4,5)6)21-25-50(45)61(49)54-35(32-57)27-40(28-36(54)33-58)60-51-26-22-39(31-46(51)53-41-14-8-7-13-34(41)19-23-52(53)60)59-47-17-11-9-15-42(47)43-16-10-12-18-48(43)59/h7-27,29-31,36H,28H2,1-6H3. The molecule has 0 saturated heterocycles. The van der Waals surface area contributed by atoms with E-state index in [1.807, 2.05) is 6.08 Å². The lowest BCUT2D eigenvalue weighted by atomic mass is 9.85. The van der Waals surface area contributed by atoms with Crippen molar-refractivity contribution in [1.29, 1.82) is 10.5 Å². The van der Waals surface area contributed by atoms with Gasteiger partial charge in [-0.2, -0.15) is 10.5 Å². The second-order valence-corrected chi connectivity index (χ2v) is 18.8. The highest BCUT2D eigenvalue weighted by Gasteiger charge is 2.31. The molecule has 0 N–H and O–H groups in total. The van der Waals surface area contributed by atoms with E-state index in [2.05, 4.69) is 207 Å². The number of hydrogen-bond donors (Lipinski definition) is 0. The first-order chi connectivity index (χ1) is 29.4. The van der Waals surface area contributed by atoms with E-state index < -0.39 is 5.92 Å². The fourth-order valence-corrected chi connectivity index (χ4v) is 10.1. The van der Waals surface area contributed by atoms with Crippen molar-refractivity contribution < 1.29 is 0 Å². The Morgan fingerprint density at radius 2 is 1.02 bits per heavy atom. The molecule has 0 bridgehead atoms. The van der Waals surface area contributed by atoms with E-state index in [1.165, 1.54) is 32.7 Å². The van der Waals surface area contributed by atoms with Gasteiger partial charge in [0, 0.05) is 50.1 Å². The van der Waals surface area contributed by atoms with Gasteiger partial charge in [-0.1, -0.05) is 120 Å². The van der Waals surface area contributed by atoms with Crippen LogP contribution in [0.2, 0.25) is 0 Å². The molecule has 0 amide bonds. The number of hydrogen-bond acceptors (Lipinski definition) is 2. The molecule has 7 aromatic carbocycles. The van der Waals surface area contributed by atoms with Crippen LogP contribution in [0.3, 0.4) is 0 Å². The van der Waals surface area contributed by atoms with Crippen LogP contribution in [0.25, 0.3) is 93.3 Å². The van der Waals surface area contributed by atoms with Gasteiger partial charge in [-0.3, -0.25) is 0 Å². The molecule has 5 heteroatoms. The Balaban J connectivity index is 1.18. The van der Waals surface area contributed by atoms with Gasteiger partial charge in [-0.25, -0.2) is 0 Å². The maximum atomic E-state index is 11.2. The minimum Gasteiger partial charge on any atom is -0.313 e. The van der Waals surface area contributed by atoms with Crippen LogP contribution in [0.1, 0.15) is 59.1 Å². The summed E-state index contributed by atoms with van der Waals surface area (Å²) in [6, 6.07) is 55.7. The van der Waals surface area contributed by atoms with E-state index in [0.717, 1.165) is 71.7 Å². The molecule has 294 valence electrons. The summed E-state index contributed by atoms with van der Waals surface area (Å²) >= 11 is 0. The van der Waals surface area contributed by atoms with Crippen molar-refractivity contribution in [3.05, 3.63) is 162 Å². The Morgan fingerprint density at radius 3 is 1.61 bits per heavy atom. The van der Waals surface area contributed by atoms with Crippen molar-refractivity contribution in [2.45, 2.75) is 58.8 Å². The second-order valence-electron chi connectivity index (χ2n) is 18.8. The lowest BCUT2D eigenvalue weighted by Gasteiger charge is -2.26. The number of para-hydroxylation sites is 2. The van der Waals surface area contributed by atoms with Crippen molar-refractivity contribution in [1.82, 2.24) is 13.7 Å². The Kier molecular flexibility index (Phi) is 7.87. The zero-order chi connectivity index (χ0) is 41.9. The first kappa shape index (κ1) is 36.7. The number of nitrogens with zero attached hydrogens (tertiary/aromatic N) is 5. The van der Waals surface area contributed by atoms with Crippen LogP contribution >= 0.6 is 0 Å². The third-order valence-electron chi connectivity index (χ3n) is 13.1. The molecule has 3 aromatic heterocycles. The normalized spacial score (nSPS) is 15.1. The van der Waals surface area contributed by atoms with Crippen LogP contribution in [0.15, 0.2) is 151 Å². The van der Waals surface area contributed by atoms with E-state index in [4.69, 9.17) is 0 Å². The lowest BCUT2D eigenvalue weighted by Crippen LogP contribution is -2.17. The molecular formula is C56H45N5. The zero-order valence-electron chi connectivity index (χ0n) is 35.4. The van der Waals surface area contributed by atoms with Crippen molar-refractivity contribution >= 4 is 87.6 Å². The number of fused-ring (bicyclic) bond motifs is 11. The summed E-state index contributed by atoms with van der Waals surface area (Å²) < 4.78 is 6.89. The van der Waals surface area contributed by atoms with Crippen LogP contribution in [0, 0.1) is 28.6 Å². The third kappa shape index (κ3) is 5.44. The number of nitriles is 2. The third-order valence-corrected chi connectivity index (χ3v) is 13.1. The molecule has 1 unspecified atom stereocenters. The molecule has 0 spiro atoms. The van der Waals surface area contributed by atoms with Gasteiger partial charge in [0.1, 0.15) is 6.07 Å². The molecular weight excluding hydrogens is 743 g/mol. The lowest BCUT2D eigenvalue weighted by molar-refractivity contribution is 0.590. The number of rotatable bonds is 3. The van der Waals surface area contributed by atoms with E-state index in [0.29, 0.717) is 12.0 Å². The molecule has 1 aliphatic carbocycles. The quantitative estimate of drug-likeness (QED) is 0.179. The van der Waals surface area contributed by atoms with Gasteiger partial charge in [-0.05, 0) is 99.5 Å². The Bertz CT molecular complexity index is 3540. The molecule has 10 aromatic rings. The van der Waals surface area contributed by atoms with E-state index in [1.54, 1.807) is 0 Å². The molecule has 61 heavy (non-hydrogen) atoms. The van der Waals surface area contributed by atoms with Gasteiger partial charge >= 0.3 is 0 Å². The Hall–Kier alpha value is -7.34. The average molecular weight is 788 g/mol. The molecule has 3 heterocycles. The molecule has 11 rings (SSSR count). The van der Waals surface area contributed by atoms with Crippen LogP contribution < -0.4 is 0 Å². The topological polar surface area (TPSA) is 62.4 Å². The molecule has 0 radical (unpaired) electrons. The molecule has 0 fully saturated rings. The number of benzene rings is 7. The van der Waals surface area contributed by atoms with Gasteiger partial charge < -0.3 is 13.7 Å². The summed E-state index contributed by atoms with van der Waals surface area (Å²) in [6.45, 7) is 13.5. The minimum atomic E-state index is -0.581. The first-order valence-corrected chi connectivity index (χ1v) is 21.2. The van der Waals surface area contributed by atoms with Crippen molar-refractivity contribution in [2.75, 3.05) is 0 Å². The summed E-state index contributed by atoms with van der Waals surface area (Å²) in [5.41, 5.74) is 12.1. The first-order valence-electron chi connectivity index (χ1n) is 21.2. The molecule has 0 aliphatic heterocycles. The largest absolute Gasteiger partial charge is 0.313 e. The van der Waals surface area contributed by atoms with Crippen LogP contribution in [-0.4, -0.2) is 13.7 Å². The molecule has 1 aliphatic rings. The van der Waals surface area contributed by atoms with Crippen LogP contribution in [0.4, 0.5) is 0 Å². The highest BCUT2D eigenvalue weighted by Crippen LogP contribution is 2.46. The fourth-order valence-electron chi connectivity index (χ4n) is 10.1. The van der Waals surface area contributed by atoms with Gasteiger partial charge in [-0.15, -0.1) is 0 Å². The molecule has 5 nitrogen and oxygen atoms in total. The monoisotopic (exact) mass is 787 g/mol. The van der Waals surface area contributed by atoms with Crippen molar-refractivity contribution in [2.24, 2.45) is 5.92 Å². The van der Waals surface area contributed by atoms with E-state index in [-0.39, 0.29) is 10.8 Å². The predicted molar refractivity (Wildman–Crippen MR) is 255 cm³/mol. The predicted octanol–water partition coefficient (Wildman–Crippen LogP) is 14.6. The number of allylic oxidation sites excluding steroid dienone is 4. The summed E-state index contributed by atoms with van der Waals surface area (Å²) in [7, 11) is 0. The minimum absolute atomic E-state index is 0.0448. The van der Waals surface area contributed by atoms with Gasteiger partial charge in [0.15, 0.2) is 0 Å². The summed E-state index contributed by atoms with van der Waals surface area (Å²) in [5.74, 6) is -0.581. The van der Waals surface area contributed by atoms with E-state index >= 15 is 0 Å². The smallest absolute Gasteiger partial charge is 0.101 e. The summed E-state index contributed by atoms with van der Waals surface area (Å²) in [4.78, 5) is 0. The van der Waals surface area contributed by atoms with Crippen LogP contribution in [0.5, 0.6) is 0 Å². The van der Waals surface area contributed by atoms with E-state index in [9.17, 15) is 10.5 Å². The van der Waals surface area contributed by atoms with Gasteiger partial charge in [0.25, 0.3) is 0 Å². The average Bonchev–Trinajstić information content (AvgIpc) is 3.90. The molecule has 0 saturated carbocycles. The SMILES string of the molecule is CC(C)(C)c1ccc2c(c1)c1cc(C(C)(C)C)ccc1n2C1=C(C#N)C=C(n2c3ccc(-n4c5ccccc5c5ccccc54)cc3c3c4ccccc4ccc32)CC1C#N. The summed E-state index contributed by atoms with van der Waals surface area (Å²) in [5, 5.41) is 31.6. The molecule has 1 atom stereocenters. The second kappa shape index (κ2) is 13.1. The van der Waals surface area contributed by atoms with Gasteiger partial charge in [0.2, 0.25) is 0 Å². The zero-order valence-corrected chi connectivity index (χ0v) is 35.4. The number of aromatic nitrogens is 3. The summed E-state index contributed by atoms with van der Waals surface area (Å²) in [6.07, 6.45) is 2.49. The maximum absolute atomic E-state index is 11.2. The highest BCUT2D eigenvalue weighted by molar-refractivity contribution is 6.22.